The number of hydrogen-bond acceptors (Lipinski definition) is 10. The number of hydrogen-bond donors (Lipinski definition) is 6. The summed E-state index contributed by atoms with van der Waals surface area (Å²) in [6, 6.07) is 17.5. The maximum absolute atomic E-state index is 12.0. The standard InChI is InChI=1S/C36H18N8O8.Zn/c45-33(46)13-1-5-17-21(9-13)29-39-25(17)37-26-18-6-2-14(34(47)48)10-22(18)31(40-26)44-32-24-12-16(36(51)52)4-8-20(24)28(42-32)38-27-19-7-3-15(35(49)50)11-23(19)30(41-27)43-29;/h1-12H,(H,45,46)(H,47,48)(H,49,50)(H,51,52)(H2,37,38,39,40,41,42,43,44);/q;+2. The Hall–Kier alpha value is -7.26. The van der Waals surface area contributed by atoms with Gasteiger partial charge in [0.15, 0.2) is 23.3 Å². The summed E-state index contributed by atoms with van der Waals surface area (Å²) in [5.74, 6) is -4.26. The third kappa shape index (κ3) is 5.25. The van der Waals surface area contributed by atoms with E-state index in [2.05, 4.69) is 19.9 Å². The van der Waals surface area contributed by atoms with E-state index < -0.39 is 23.9 Å². The fraction of sp³-hybridized carbons (Fsp3) is 0. The quantitative estimate of drug-likeness (QED) is 0.119. The zero-order valence-corrected chi connectivity index (χ0v) is 29.7. The van der Waals surface area contributed by atoms with Gasteiger partial charge in [-0.15, -0.1) is 0 Å². The molecule has 0 atom stereocenters. The van der Waals surface area contributed by atoms with Gasteiger partial charge in [-0.25, -0.2) is 49.1 Å². The number of carboxylic acids is 4. The van der Waals surface area contributed by atoms with Gasteiger partial charge in [0, 0.05) is 43.8 Å². The Morgan fingerprint density at radius 3 is 1.04 bits per heavy atom. The molecule has 2 aliphatic rings. The van der Waals surface area contributed by atoms with Gasteiger partial charge in [-0.1, -0.05) is 0 Å². The number of carbonyl (C=O) groups is 4. The van der Waals surface area contributed by atoms with E-state index in [1.807, 2.05) is 0 Å². The van der Waals surface area contributed by atoms with Gasteiger partial charge >= 0.3 is 43.4 Å². The van der Waals surface area contributed by atoms with E-state index in [1.165, 1.54) is 48.5 Å². The molecule has 0 amide bonds. The topological polar surface area (TPSA) is 258 Å². The van der Waals surface area contributed by atoms with E-state index >= 15 is 0 Å². The first kappa shape index (κ1) is 32.9. The van der Waals surface area contributed by atoms with E-state index in [0.717, 1.165) is 0 Å². The van der Waals surface area contributed by atoms with Crippen molar-refractivity contribution in [3.63, 3.8) is 0 Å². The van der Waals surface area contributed by atoms with Crippen LogP contribution >= 0.6 is 0 Å². The summed E-state index contributed by atoms with van der Waals surface area (Å²) in [6.07, 6.45) is 0. The van der Waals surface area contributed by atoms with Gasteiger partial charge < -0.3 is 30.4 Å². The first-order chi connectivity index (χ1) is 25.0. The van der Waals surface area contributed by atoms with Gasteiger partial charge in [0.1, 0.15) is 22.6 Å². The summed E-state index contributed by atoms with van der Waals surface area (Å²) in [5.41, 5.74) is 2.26. The summed E-state index contributed by atoms with van der Waals surface area (Å²) in [4.78, 5) is 82.7. The first-order valence-corrected chi connectivity index (χ1v) is 15.3. The molecular formula is C36H18N8O8Zn+2. The molecule has 17 heteroatoms. The molecule has 250 valence electrons. The van der Waals surface area contributed by atoms with Crippen LogP contribution in [-0.2, 0) is 19.5 Å². The van der Waals surface area contributed by atoms with Crippen LogP contribution in [0.4, 0.5) is 0 Å². The Kier molecular flexibility index (Phi) is 7.40. The third-order valence-electron chi connectivity index (χ3n) is 8.82. The Bertz CT molecular complexity index is 2810. The molecular weight excluding hydrogens is 738 g/mol. The Morgan fingerprint density at radius 2 is 0.679 bits per heavy atom. The van der Waals surface area contributed by atoms with E-state index in [9.17, 15) is 39.6 Å². The van der Waals surface area contributed by atoms with Crippen LogP contribution in [0.5, 0.6) is 0 Å². The summed E-state index contributed by atoms with van der Waals surface area (Å²) in [7, 11) is 0. The maximum Gasteiger partial charge on any atom is 2.00 e. The van der Waals surface area contributed by atoms with Gasteiger partial charge in [0.05, 0.1) is 22.3 Å². The van der Waals surface area contributed by atoms with Gasteiger partial charge in [-0.2, -0.15) is 0 Å². The molecule has 0 unspecified atom stereocenters. The molecule has 3 aromatic heterocycles. The molecule has 0 spiro atoms. The van der Waals surface area contributed by atoms with Crippen molar-refractivity contribution < 1.29 is 59.1 Å². The van der Waals surface area contributed by atoms with Crippen molar-refractivity contribution >= 4 is 68.0 Å². The average molecular weight is 756 g/mol. The summed E-state index contributed by atoms with van der Waals surface area (Å²) >= 11 is 0. The zero-order valence-electron chi connectivity index (χ0n) is 26.7. The van der Waals surface area contributed by atoms with Gasteiger partial charge in [0.2, 0.25) is 0 Å². The van der Waals surface area contributed by atoms with Crippen molar-refractivity contribution in [2.45, 2.75) is 0 Å². The number of rotatable bonds is 4. The minimum atomic E-state index is -1.18. The number of H-pyrrole nitrogens is 2. The number of fused-ring (bicyclic) bond motifs is 20. The predicted molar refractivity (Wildman–Crippen MR) is 184 cm³/mol. The molecule has 0 radical (unpaired) electrons. The monoisotopic (exact) mass is 754 g/mol. The van der Waals surface area contributed by atoms with Crippen molar-refractivity contribution in [2.24, 2.45) is 0 Å². The molecule has 0 aliphatic carbocycles. The van der Waals surface area contributed by atoms with Gasteiger partial charge in [-0.3, -0.25) is 0 Å². The zero-order chi connectivity index (χ0) is 36.0. The van der Waals surface area contributed by atoms with Crippen LogP contribution in [0.3, 0.4) is 0 Å². The van der Waals surface area contributed by atoms with Crippen LogP contribution in [0, 0.1) is 0 Å². The van der Waals surface area contributed by atoms with Crippen molar-refractivity contribution in [1.29, 1.82) is 0 Å². The molecule has 2 aliphatic heterocycles. The van der Waals surface area contributed by atoms with Crippen LogP contribution < -0.4 is 0 Å². The second kappa shape index (κ2) is 11.9. The molecule has 6 N–H and O–H groups in total. The molecule has 5 heterocycles. The van der Waals surface area contributed by atoms with Gasteiger partial charge in [-0.05, 0) is 72.8 Å². The van der Waals surface area contributed by atoms with E-state index in [-0.39, 0.29) is 87.6 Å². The van der Waals surface area contributed by atoms with E-state index in [4.69, 9.17) is 19.9 Å². The second-order valence-corrected chi connectivity index (χ2v) is 11.9. The number of aromatic carboxylic acids is 4. The van der Waals surface area contributed by atoms with Crippen molar-refractivity contribution in [3.05, 3.63) is 95.1 Å². The summed E-state index contributed by atoms with van der Waals surface area (Å²) in [5, 5.41) is 40.8. The molecule has 7 aromatic rings. The normalized spacial score (nSPS) is 11.5. The smallest absolute Gasteiger partial charge is 0.478 e. The van der Waals surface area contributed by atoms with Crippen LogP contribution in [0.25, 0.3) is 89.7 Å². The SMILES string of the molecule is O=C(O)c1ccc2c(c1)-c1nc-2nc2[nH]c(nc3nc(nc4[nH]c(n1)c1cc(C(=O)O)ccc41)-c1ccc(C(=O)O)cc1-3)c1cc(C(=O)O)ccc21.[Zn+2]. The molecule has 0 fully saturated rings. The fourth-order valence-electron chi connectivity index (χ4n) is 6.33. The van der Waals surface area contributed by atoms with Crippen LogP contribution in [0.15, 0.2) is 72.8 Å². The maximum atomic E-state index is 12.0. The molecule has 16 nitrogen and oxygen atoms in total. The number of benzene rings is 4. The fourth-order valence-corrected chi connectivity index (χ4v) is 6.33. The van der Waals surface area contributed by atoms with E-state index in [1.54, 1.807) is 24.3 Å². The first-order valence-electron chi connectivity index (χ1n) is 15.3. The number of aromatic nitrogens is 8. The molecule has 53 heavy (non-hydrogen) atoms. The molecule has 8 bridgehead atoms. The predicted octanol–water partition coefficient (Wildman–Crippen LogP) is 5.66. The minimum Gasteiger partial charge on any atom is -0.478 e. The van der Waals surface area contributed by atoms with Crippen molar-refractivity contribution in [2.75, 3.05) is 0 Å². The number of nitrogens with one attached hydrogen (secondary N) is 2. The molecule has 0 saturated heterocycles. The Morgan fingerprint density at radius 1 is 0.377 bits per heavy atom. The number of carboxylic acid groups (broad SMARTS) is 4. The largest absolute Gasteiger partial charge is 2.00 e. The minimum absolute atomic E-state index is 0. The second-order valence-electron chi connectivity index (χ2n) is 11.9. The average Bonchev–Trinajstić information content (AvgIpc) is 3.85. The van der Waals surface area contributed by atoms with Crippen molar-refractivity contribution in [3.8, 4) is 45.6 Å². The molecule has 0 saturated carbocycles. The Balaban J connectivity index is 0.00000400. The summed E-state index contributed by atoms with van der Waals surface area (Å²) in [6.45, 7) is 0. The van der Waals surface area contributed by atoms with Crippen molar-refractivity contribution in [1.82, 2.24) is 39.9 Å². The van der Waals surface area contributed by atoms with Crippen LogP contribution in [0.2, 0.25) is 0 Å². The third-order valence-corrected chi connectivity index (χ3v) is 8.82. The van der Waals surface area contributed by atoms with Gasteiger partial charge in [0.25, 0.3) is 0 Å². The Labute approximate surface area is 306 Å². The van der Waals surface area contributed by atoms with Crippen LogP contribution in [0.1, 0.15) is 41.4 Å². The molecule has 4 aromatic carbocycles. The number of aromatic amines is 2. The molecule has 9 rings (SSSR count). The van der Waals surface area contributed by atoms with E-state index in [0.29, 0.717) is 43.8 Å². The van der Waals surface area contributed by atoms with Crippen LogP contribution in [-0.4, -0.2) is 84.2 Å². The summed E-state index contributed by atoms with van der Waals surface area (Å²) < 4.78 is 0. The number of nitrogens with zero attached hydrogens (tertiary/aromatic N) is 6.